The van der Waals surface area contributed by atoms with Crippen molar-refractivity contribution in [2.24, 2.45) is 0 Å². The molecule has 0 radical (unpaired) electrons. The topological polar surface area (TPSA) is 45.1 Å². The fourth-order valence-corrected chi connectivity index (χ4v) is 0.361. The second-order valence-electron chi connectivity index (χ2n) is 1.25. The Kier molecular flexibility index (Phi) is 0.978. The van der Waals surface area contributed by atoms with Gasteiger partial charge in [0.25, 0.3) is 0 Å². The average Bonchev–Trinajstić information content (AvgIpc) is 1.69. The lowest BCUT2D eigenvalue weighted by atomic mass is 10.4. The van der Waals surface area contributed by atoms with Crippen LogP contribution in [0, 0.1) is 5.41 Å². The zero-order valence-electron chi connectivity index (χ0n) is 3.77. The van der Waals surface area contributed by atoms with Crippen molar-refractivity contribution in [1.29, 1.82) is 5.41 Å². The predicted molar refractivity (Wildman–Crippen MR) is 25.7 cm³/mol. The van der Waals surface area contributed by atoms with Crippen molar-refractivity contribution in [2.75, 3.05) is 0 Å². The maximum atomic E-state index is 6.85. The van der Waals surface area contributed by atoms with Gasteiger partial charge in [0.1, 0.15) is 0 Å². The molecule has 0 aromatic carbocycles. The van der Waals surface area contributed by atoms with Crippen LogP contribution in [0.4, 0.5) is 0 Å². The van der Waals surface area contributed by atoms with Crippen molar-refractivity contribution in [1.82, 2.24) is 5.48 Å². The van der Waals surface area contributed by atoms with E-state index in [1.807, 2.05) is 6.08 Å². The molecule has 0 bridgehead atoms. The Hall–Kier alpha value is -0.990. The molecule has 3 heteroatoms. The van der Waals surface area contributed by atoms with Crippen molar-refractivity contribution in [2.45, 2.75) is 6.42 Å². The first-order valence-corrected chi connectivity index (χ1v) is 2.04. The van der Waals surface area contributed by atoms with E-state index in [0.29, 0.717) is 6.42 Å². The van der Waals surface area contributed by atoms with E-state index < -0.39 is 0 Å². The largest absolute Gasteiger partial charge is 0.367 e. The monoisotopic (exact) mass is 98.0 g/mol. The van der Waals surface area contributed by atoms with Gasteiger partial charge in [-0.2, -0.15) is 0 Å². The van der Waals surface area contributed by atoms with Crippen molar-refractivity contribution in [3.8, 4) is 0 Å². The molecule has 0 saturated carbocycles. The summed E-state index contributed by atoms with van der Waals surface area (Å²) in [5, 5.41) is 6.85. The maximum Gasteiger partial charge on any atom is 0.218 e. The molecular weight excluding hydrogens is 92.1 g/mol. The molecular formula is C4H6N2O. The summed E-state index contributed by atoms with van der Waals surface area (Å²) in [6, 6.07) is 0. The molecule has 1 aliphatic rings. The van der Waals surface area contributed by atoms with Crippen molar-refractivity contribution in [3.63, 3.8) is 0 Å². The molecule has 0 spiro atoms. The molecule has 7 heavy (non-hydrogen) atoms. The van der Waals surface area contributed by atoms with Crippen LogP contribution in [0.2, 0.25) is 0 Å². The highest BCUT2D eigenvalue weighted by Gasteiger charge is 1.95. The predicted octanol–water partition coefficient (Wildman–Crippen LogP) is 0.402. The molecule has 0 atom stereocenters. The second-order valence-corrected chi connectivity index (χ2v) is 1.25. The number of hydrogen-bond acceptors (Lipinski definition) is 3. The summed E-state index contributed by atoms with van der Waals surface area (Å²) in [4.78, 5) is 4.52. The van der Waals surface area contributed by atoms with Crippen LogP contribution in [0.25, 0.3) is 0 Å². The lowest BCUT2D eigenvalue weighted by Crippen LogP contribution is -2.16. The van der Waals surface area contributed by atoms with Gasteiger partial charge in [-0.25, -0.2) is 5.48 Å². The van der Waals surface area contributed by atoms with E-state index in [0.717, 1.165) is 0 Å². The van der Waals surface area contributed by atoms with E-state index in [1.165, 1.54) is 0 Å². The molecule has 1 heterocycles. The summed E-state index contributed by atoms with van der Waals surface area (Å²) in [6.45, 7) is 0. The number of rotatable bonds is 0. The summed E-state index contributed by atoms with van der Waals surface area (Å²) in [5.74, 6) is 0.266. The molecule has 0 aromatic heterocycles. The van der Waals surface area contributed by atoms with Crippen molar-refractivity contribution in [3.05, 3.63) is 12.3 Å². The van der Waals surface area contributed by atoms with E-state index in [2.05, 4.69) is 10.3 Å². The molecule has 38 valence electrons. The van der Waals surface area contributed by atoms with Crippen molar-refractivity contribution >= 4 is 5.90 Å². The first-order chi connectivity index (χ1) is 3.39. The van der Waals surface area contributed by atoms with Gasteiger partial charge in [-0.3, -0.25) is 5.41 Å². The molecule has 3 nitrogen and oxygen atoms in total. The molecule has 1 rings (SSSR count). The van der Waals surface area contributed by atoms with Gasteiger partial charge in [-0.15, -0.1) is 0 Å². The van der Waals surface area contributed by atoms with E-state index in [-0.39, 0.29) is 5.90 Å². The Balaban J connectivity index is 2.47. The quantitative estimate of drug-likeness (QED) is 0.460. The van der Waals surface area contributed by atoms with E-state index in [4.69, 9.17) is 5.41 Å². The molecule has 0 fully saturated rings. The van der Waals surface area contributed by atoms with Crippen LogP contribution in [0.5, 0.6) is 0 Å². The minimum atomic E-state index is 0.266. The summed E-state index contributed by atoms with van der Waals surface area (Å²) in [6.07, 6.45) is 4.09. The molecule has 0 aliphatic carbocycles. The Morgan fingerprint density at radius 2 is 2.71 bits per heavy atom. The van der Waals surface area contributed by atoms with Gasteiger partial charge in [0.15, 0.2) is 0 Å². The second kappa shape index (κ2) is 1.64. The smallest absolute Gasteiger partial charge is 0.218 e. The van der Waals surface area contributed by atoms with Gasteiger partial charge < -0.3 is 4.84 Å². The van der Waals surface area contributed by atoms with Crippen LogP contribution >= 0.6 is 0 Å². The Morgan fingerprint density at radius 3 is 3.00 bits per heavy atom. The van der Waals surface area contributed by atoms with Crippen LogP contribution in [0.1, 0.15) is 6.42 Å². The molecule has 0 unspecified atom stereocenters. The van der Waals surface area contributed by atoms with Gasteiger partial charge in [-0.05, 0) is 0 Å². The lowest BCUT2D eigenvalue weighted by molar-refractivity contribution is 0.213. The highest BCUT2D eigenvalue weighted by molar-refractivity contribution is 5.74. The highest BCUT2D eigenvalue weighted by atomic mass is 16.7. The third-order valence-electron chi connectivity index (χ3n) is 0.671. The summed E-state index contributed by atoms with van der Waals surface area (Å²) >= 11 is 0. The number of nitrogens with one attached hydrogen (secondary N) is 2. The molecule has 0 saturated heterocycles. The first kappa shape index (κ1) is 4.18. The van der Waals surface area contributed by atoms with E-state index in [1.54, 1.807) is 6.20 Å². The van der Waals surface area contributed by atoms with Gasteiger partial charge in [0.05, 0.1) is 0 Å². The highest BCUT2D eigenvalue weighted by Crippen LogP contribution is 1.90. The molecule has 1 aliphatic heterocycles. The molecule has 0 aromatic rings. The number of hydroxylamine groups is 1. The fraction of sp³-hybridized carbons (Fsp3) is 0.250. The minimum Gasteiger partial charge on any atom is -0.367 e. The third kappa shape index (κ3) is 0.924. The summed E-state index contributed by atoms with van der Waals surface area (Å²) in [5.41, 5.74) is 2.43. The van der Waals surface area contributed by atoms with Crippen LogP contribution in [0.3, 0.4) is 0 Å². The van der Waals surface area contributed by atoms with Crippen LogP contribution in [-0.2, 0) is 4.84 Å². The molecule has 0 amide bonds. The zero-order chi connectivity index (χ0) is 5.11. The Labute approximate surface area is 41.4 Å². The van der Waals surface area contributed by atoms with Crippen molar-refractivity contribution < 1.29 is 4.84 Å². The summed E-state index contributed by atoms with van der Waals surface area (Å²) < 4.78 is 0. The van der Waals surface area contributed by atoms with Gasteiger partial charge in [0.2, 0.25) is 5.90 Å². The van der Waals surface area contributed by atoms with E-state index >= 15 is 0 Å². The first-order valence-electron chi connectivity index (χ1n) is 2.04. The SMILES string of the molecule is N=C1CC=CNO1. The van der Waals surface area contributed by atoms with E-state index in [9.17, 15) is 0 Å². The molecule has 2 N–H and O–H groups in total. The Bertz CT molecular complexity index is 108. The average molecular weight is 98.1 g/mol. The standard InChI is InChI=1S/C4H6N2O/c5-4-2-1-3-6-7-4/h1,3,5-6H,2H2. The normalized spacial score (nSPS) is 18.0. The van der Waals surface area contributed by atoms with Gasteiger partial charge in [0, 0.05) is 12.6 Å². The zero-order valence-corrected chi connectivity index (χ0v) is 3.77. The van der Waals surface area contributed by atoms with Crippen LogP contribution < -0.4 is 5.48 Å². The lowest BCUT2D eigenvalue weighted by Gasteiger charge is -2.06. The van der Waals surface area contributed by atoms with Gasteiger partial charge >= 0.3 is 0 Å². The Morgan fingerprint density at radius 1 is 1.86 bits per heavy atom. The third-order valence-corrected chi connectivity index (χ3v) is 0.671. The van der Waals surface area contributed by atoms with Crippen LogP contribution in [-0.4, -0.2) is 5.90 Å². The maximum absolute atomic E-state index is 6.85. The summed E-state index contributed by atoms with van der Waals surface area (Å²) in [7, 11) is 0. The minimum absolute atomic E-state index is 0.266. The van der Waals surface area contributed by atoms with Crippen LogP contribution in [0.15, 0.2) is 12.3 Å². The van der Waals surface area contributed by atoms with Gasteiger partial charge in [-0.1, -0.05) is 6.08 Å². The fourth-order valence-electron chi connectivity index (χ4n) is 0.361. The number of hydrogen-bond donors (Lipinski definition) is 2.